The highest BCUT2D eigenvalue weighted by atomic mass is 32.1. The van der Waals surface area contributed by atoms with Crippen molar-refractivity contribution in [2.75, 3.05) is 13.1 Å². The van der Waals surface area contributed by atoms with E-state index in [2.05, 4.69) is 36.9 Å². The van der Waals surface area contributed by atoms with Gasteiger partial charge in [-0.2, -0.15) is 0 Å². The van der Waals surface area contributed by atoms with Gasteiger partial charge in [0.2, 0.25) is 0 Å². The number of rotatable bonds is 4. The maximum atomic E-state index is 5.71. The molecule has 2 N–H and O–H groups in total. The van der Waals surface area contributed by atoms with Crippen LogP contribution in [0.25, 0.3) is 0 Å². The molecular formula is C17H26N2S. The molecule has 2 nitrogen and oxygen atoms in total. The van der Waals surface area contributed by atoms with Crippen molar-refractivity contribution in [2.45, 2.75) is 39.7 Å². The number of hydrogen-bond donors (Lipinski definition) is 1. The molecule has 0 saturated carbocycles. The first kappa shape index (κ1) is 15.5. The van der Waals surface area contributed by atoms with Crippen molar-refractivity contribution < 1.29 is 0 Å². The van der Waals surface area contributed by atoms with Gasteiger partial charge >= 0.3 is 0 Å². The Kier molecular flexibility index (Phi) is 5.55. The molecule has 1 aromatic carbocycles. The monoisotopic (exact) mass is 290 g/mol. The fraction of sp³-hybridized carbons (Fsp3) is 0.588. The Labute approximate surface area is 128 Å². The normalized spacial score (nSPS) is 20.9. The Balaban J connectivity index is 1.96. The second kappa shape index (κ2) is 7.19. The third-order valence-corrected chi connectivity index (χ3v) is 4.66. The summed E-state index contributed by atoms with van der Waals surface area (Å²) in [6, 6.07) is 8.35. The summed E-state index contributed by atoms with van der Waals surface area (Å²) >= 11 is 5.06. The molecule has 1 saturated heterocycles. The summed E-state index contributed by atoms with van der Waals surface area (Å²) in [6.07, 6.45) is 4.02. The molecule has 0 spiro atoms. The molecule has 3 heteroatoms. The maximum Gasteiger partial charge on any atom is 0.103 e. The summed E-state index contributed by atoms with van der Waals surface area (Å²) in [7, 11) is 0. The molecule has 1 aliphatic rings. The fourth-order valence-corrected chi connectivity index (χ4v) is 3.21. The van der Waals surface area contributed by atoms with Gasteiger partial charge in [0.25, 0.3) is 0 Å². The average Bonchev–Trinajstić information content (AvgIpc) is 2.65. The first-order valence-electron chi connectivity index (χ1n) is 7.67. The Morgan fingerprint density at radius 1 is 1.35 bits per heavy atom. The molecule has 0 radical (unpaired) electrons. The Bertz CT molecular complexity index is 456. The van der Waals surface area contributed by atoms with Gasteiger partial charge in [-0.3, -0.25) is 4.90 Å². The molecule has 1 fully saturated rings. The van der Waals surface area contributed by atoms with Gasteiger partial charge in [-0.25, -0.2) is 0 Å². The van der Waals surface area contributed by atoms with Crippen LogP contribution in [0.15, 0.2) is 24.3 Å². The van der Waals surface area contributed by atoms with E-state index in [0.29, 0.717) is 4.99 Å². The molecule has 1 heterocycles. The molecule has 1 atom stereocenters. The predicted molar refractivity (Wildman–Crippen MR) is 89.8 cm³/mol. The van der Waals surface area contributed by atoms with E-state index in [4.69, 9.17) is 18.0 Å². The van der Waals surface area contributed by atoms with Crippen molar-refractivity contribution in [1.82, 2.24) is 4.90 Å². The average molecular weight is 290 g/mol. The van der Waals surface area contributed by atoms with Gasteiger partial charge in [0, 0.05) is 12.1 Å². The highest BCUT2D eigenvalue weighted by molar-refractivity contribution is 7.80. The van der Waals surface area contributed by atoms with E-state index in [0.717, 1.165) is 23.9 Å². The lowest BCUT2D eigenvalue weighted by atomic mass is 9.89. The van der Waals surface area contributed by atoms with E-state index in [1.165, 1.54) is 37.9 Å². The van der Waals surface area contributed by atoms with Gasteiger partial charge in [0.05, 0.1) is 0 Å². The zero-order valence-electron chi connectivity index (χ0n) is 12.6. The van der Waals surface area contributed by atoms with Crippen molar-refractivity contribution in [3.05, 3.63) is 35.4 Å². The summed E-state index contributed by atoms with van der Waals surface area (Å²) in [5, 5.41) is 0. The van der Waals surface area contributed by atoms with Gasteiger partial charge in [-0.05, 0) is 55.8 Å². The van der Waals surface area contributed by atoms with Crippen LogP contribution in [0.1, 0.15) is 44.2 Å². The minimum Gasteiger partial charge on any atom is -0.389 e. The first-order valence-corrected chi connectivity index (χ1v) is 8.08. The predicted octanol–water partition coefficient (Wildman–Crippen LogP) is 3.58. The number of thiocarbonyl (C=S) groups is 1. The number of benzene rings is 1. The zero-order chi connectivity index (χ0) is 14.5. The van der Waals surface area contributed by atoms with Crippen LogP contribution < -0.4 is 5.73 Å². The minimum absolute atomic E-state index is 0.489. The molecule has 0 aliphatic carbocycles. The molecule has 110 valence electrons. The van der Waals surface area contributed by atoms with Crippen molar-refractivity contribution in [3.8, 4) is 0 Å². The van der Waals surface area contributed by atoms with E-state index >= 15 is 0 Å². The molecule has 2 rings (SSSR count). The van der Waals surface area contributed by atoms with E-state index in [-0.39, 0.29) is 0 Å². The van der Waals surface area contributed by atoms with Crippen LogP contribution in [0.3, 0.4) is 0 Å². The first-order chi connectivity index (χ1) is 9.56. The lowest BCUT2D eigenvalue weighted by molar-refractivity contribution is 0.265. The summed E-state index contributed by atoms with van der Waals surface area (Å²) in [6.45, 7) is 8.14. The van der Waals surface area contributed by atoms with Crippen LogP contribution in [0.5, 0.6) is 0 Å². The molecule has 1 unspecified atom stereocenters. The Morgan fingerprint density at radius 3 is 2.85 bits per heavy atom. The second-order valence-electron chi connectivity index (χ2n) is 6.28. The maximum absolute atomic E-state index is 5.71. The summed E-state index contributed by atoms with van der Waals surface area (Å²) in [5.74, 6) is 1.70. The SMILES string of the molecule is CC(C)C1CCCN(Cc2cccc(C(N)=S)c2)CC1. The van der Waals surface area contributed by atoms with Crippen LogP contribution >= 0.6 is 12.2 Å². The standard InChI is InChI=1S/C17H26N2S/c1-13(2)15-7-4-9-19(10-8-15)12-14-5-3-6-16(11-14)17(18)20/h3,5-6,11,13,15H,4,7-10,12H2,1-2H3,(H2,18,20). The van der Waals surface area contributed by atoms with Crippen molar-refractivity contribution in [2.24, 2.45) is 17.6 Å². The molecule has 1 aromatic rings. The minimum atomic E-state index is 0.489. The van der Waals surface area contributed by atoms with Gasteiger partial charge in [-0.1, -0.05) is 44.3 Å². The largest absolute Gasteiger partial charge is 0.389 e. The molecule has 0 aromatic heterocycles. The molecule has 20 heavy (non-hydrogen) atoms. The smallest absolute Gasteiger partial charge is 0.103 e. The molecular weight excluding hydrogens is 264 g/mol. The van der Waals surface area contributed by atoms with Crippen LogP contribution in [0.2, 0.25) is 0 Å². The molecule has 1 aliphatic heterocycles. The van der Waals surface area contributed by atoms with Crippen LogP contribution in [-0.2, 0) is 6.54 Å². The van der Waals surface area contributed by atoms with Crippen molar-refractivity contribution >= 4 is 17.2 Å². The third-order valence-electron chi connectivity index (χ3n) is 4.43. The van der Waals surface area contributed by atoms with Gasteiger partial charge in [0.1, 0.15) is 4.99 Å². The van der Waals surface area contributed by atoms with E-state index < -0.39 is 0 Å². The van der Waals surface area contributed by atoms with Gasteiger partial charge < -0.3 is 5.73 Å². The third kappa shape index (κ3) is 4.29. The van der Waals surface area contributed by atoms with Crippen LogP contribution in [0, 0.1) is 11.8 Å². The second-order valence-corrected chi connectivity index (χ2v) is 6.72. The molecule has 0 amide bonds. The van der Waals surface area contributed by atoms with Crippen molar-refractivity contribution in [3.63, 3.8) is 0 Å². The Morgan fingerprint density at radius 2 is 2.15 bits per heavy atom. The lowest BCUT2D eigenvalue weighted by Gasteiger charge is -2.21. The van der Waals surface area contributed by atoms with E-state index in [1.807, 2.05) is 6.07 Å². The number of nitrogens with zero attached hydrogens (tertiary/aromatic N) is 1. The summed E-state index contributed by atoms with van der Waals surface area (Å²) < 4.78 is 0. The highest BCUT2D eigenvalue weighted by Gasteiger charge is 2.19. The topological polar surface area (TPSA) is 29.3 Å². The van der Waals surface area contributed by atoms with E-state index in [9.17, 15) is 0 Å². The van der Waals surface area contributed by atoms with E-state index in [1.54, 1.807) is 0 Å². The van der Waals surface area contributed by atoms with Gasteiger partial charge in [-0.15, -0.1) is 0 Å². The van der Waals surface area contributed by atoms with Crippen LogP contribution in [0.4, 0.5) is 0 Å². The lowest BCUT2D eigenvalue weighted by Crippen LogP contribution is -2.24. The number of nitrogens with two attached hydrogens (primary N) is 1. The quantitative estimate of drug-likeness (QED) is 0.860. The Hall–Kier alpha value is -0.930. The number of hydrogen-bond acceptors (Lipinski definition) is 2. The summed E-state index contributed by atoms with van der Waals surface area (Å²) in [4.78, 5) is 3.06. The van der Waals surface area contributed by atoms with Gasteiger partial charge in [0.15, 0.2) is 0 Å². The summed E-state index contributed by atoms with van der Waals surface area (Å²) in [5.41, 5.74) is 8.01. The van der Waals surface area contributed by atoms with Crippen molar-refractivity contribution in [1.29, 1.82) is 0 Å². The zero-order valence-corrected chi connectivity index (χ0v) is 13.5. The van der Waals surface area contributed by atoms with Crippen LogP contribution in [-0.4, -0.2) is 23.0 Å². The highest BCUT2D eigenvalue weighted by Crippen LogP contribution is 2.25. The molecule has 0 bridgehead atoms. The number of likely N-dealkylation sites (tertiary alicyclic amines) is 1. The fourth-order valence-electron chi connectivity index (χ4n) is 3.09.